The van der Waals surface area contributed by atoms with Gasteiger partial charge >= 0.3 is 5.97 Å². The fraction of sp³-hybridized carbons (Fsp3) is 0.286. The quantitative estimate of drug-likeness (QED) is 0.614. The van der Waals surface area contributed by atoms with Crippen molar-refractivity contribution in [2.75, 3.05) is 26.2 Å². The molecule has 1 saturated heterocycles. The van der Waals surface area contributed by atoms with Gasteiger partial charge in [-0.15, -0.1) is 0 Å². The summed E-state index contributed by atoms with van der Waals surface area (Å²) in [5.74, 6) is -0.125. The molecule has 0 atom stereocenters. The molecule has 2 amide bonds. The number of esters is 1. The standard InChI is InChI=1S/C21H22N2O4/c1-16(24)27-19-9-5-8-18(15-19)21(26)23-12-10-22(11-13-23)20(25)14-17-6-3-2-4-7-17/h2-9,15H,10-14H2,1H3. The summed E-state index contributed by atoms with van der Waals surface area (Å²) in [6.45, 7) is 3.32. The zero-order chi connectivity index (χ0) is 19.2. The van der Waals surface area contributed by atoms with Crippen LogP contribution in [0.5, 0.6) is 5.75 Å². The van der Waals surface area contributed by atoms with Gasteiger partial charge in [-0.25, -0.2) is 0 Å². The molecular weight excluding hydrogens is 344 g/mol. The Kier molecular flexibility index (Phi) is 5.86. The summed E-state index contributed by atoms with van der Waals surface area (Å²) in [5.41, 5.74) is 1.46. The highest BCUT2D eigenvalue weighted by Crippen LogP contribution is 2.16. The molecule has 140 valence electrons. The number of benzene rings is 2. The first-order valence-corrected chi connectivity index (χ1v) is 8.92. The summed E-state index contributed by atoms with van der Waals surface area (Å²) >= 11 is 0. The number of hydrogen-bond donors (Lipinski definition) is 0. The average Bonchev–Trinajstić information content (AvgIpc) is 2.68. The number of nitrogens with zero attached hydrogens (tertiary/aromatic N) is 2. The highest BCUT2D eigenvalue weighted by Gasteiger charge is 2.25. The topological polar surface area (TPSA) is 66.9 Å². The molecule has 0 N–H and O–H groups in total. The molecule has 0 aliphatic carbocycles. The molecule has 1 aliphatic rings. The van der Waals surface area contributed by atoms with Crippen LogP contribution in [0, 0.1) is 0 Å². The van der Waals surface area contributed by atoms with Crippen LogP contribution in [-0.2, 0) is 16.0 Å². The second kappa shape index (κ2) is 8.49. The molecule has 2 aromatic rings. The van der Waals surface area contributed by atoms with Crippen LogP contribution in [0.15, 0.2) is 54.6 Å². The molecule has 27 heavy (non-hydrogen) atoms. The Morgan fingerprint density at radius 2 is 1.56 bits per heavy atom. The number of hydrogen-bond acceptors (Lipinski definition) is 4. The summed E-state index contributed by atoms with van der Waals surface area (Å²) in [6.07, 6.45) is 0.374. The van der Waals surface area contributed by atoms with E-state index in [9.17, 15) is 14.4 Å². The van der Waals surface area contributed by atoms with Crippen molar-refractivity contribution in [3.05, 3.63) is 65.7 Å². The molecule has 0 aromatic heterocycles. The molecule has 0 unspecified atom stereocenters. The maximum Gasteiger partial charge on any atom is 0.308 e. The Bertz CT molecular complexity index is 827. The molecule has 1 fully saturated rings. The molecule has 0 radical (unpaired) electrons. The third-order valence-corrected chi connectivity index (χ3v) is 4.46. The SMILES string of the molecule is CC(=O)Oc1cccc(C(=O)N2CCN(C(=O)Cc3ccccc3)CC2)c1. The Morgan fingerprint density at radius 3 is 2.22 bits per heavy atom. The normalized spacial score (nSPS) is 14.0. The van der Waals surface area contributed by atoms with Crippen molar-refractivity contribution in [1.82, 2.24) is 9.80 Å². The number of carbonyl (C=O) groups is 3. The summed E-state index contributed by atoms with van der Waals surface area (Å²) in [5, 5.41) is 0. The molecule has 1 heterocycles. The van der Waals surface area contributed by atoms with Gasteiger partial charge < -0.3 is 14.5 Å². The Morgan fingerprint density at radius 1 is 0.889 bits per heavy atom. The largest absolute Gasteiger partial charge is 0.427 e. The first-order chi connectivity index (χ1) is 13.0. The van der Waals surface area contributed by atoms with Crippen molar-refractivity contribution < 1.29 is 19.1 Å². The Hall–Kier alpha value is -3.15. The van der Waals surface area contributed by atoms with Crippen LogP contribution in [0.4, 0.5) is 0 Å². The molecule has 2 aromatic carbocycles. The third kappa shape index (κ3) is 4.94. The summed E-state index contributed by atoms with van der Waals surface area (Å²) in [7, 11) is 0. The van der Waals surface area contributed by atoms with Gasteiger partial charge in [0, 0.05) is 38.7 Å². The van der Waals surface area contributed by atoms with Crippen LogP contribution in [0.3, 0.4) is 0 Å². The Labute approximate surface area is 158 Å². The summed E-state index contributed by atoms with van der Waals surface area (Å²) < 4.78 is 5.03. The lowest BCUT2D eigenvalue weighted by Gasteiger charge is -2.35. The van der Waals surface area contributed by atoms with Gasteiger partial charge in [-0.3, -0.25) is 14.4 Å². The number of rotatable bonds is 4. The van der Waals surface area contributed by atoms with Crippen molar-refractivity contribution in [2.24, 2.45) is 0 Å². The van der Waals surface area contributed by atoms with Gasteiger partial charge in [0.2, 0.25) is 5.91 Å². The van der Waals surface area contributed by atoms with E-state index in [1.54, 1.807) is 34.1 Å². The smallest absolute Gasteiger partial charge is 0.308 e. The molecule has 6 heteroatoms. The predicted octanol–water partition coefficient (Wildman–Crippen LogP) is 2.14. The minimum atomic E-state index is -0.426. The fourth-order valence-corrected chi connectivity index (χ4v) is 3.08. The highest BCUT2D eigenvalue weighted by molar-refractivity contribution is 5.95. The lowest BCUT2D eigenvalue weighted by atomic mass is 10.1. The van der Waals surface area contributed by atoms with Crippen LogP contribution >= 0.6 is 0 Å². The molecule has 0 saturated carbocycles. The van der Waals surface area contributed by atoms with E-state index in [-0.39, 0.29) is 11.8 Å². The van der Waals surface area contributed by atoms with Crippen LogP contribution in [0.25, 0.3) is 0 Å². The van der Waals surface area contributed by atoms with Crippen molar-refractivity contribution in [3.8, 4) is 5.75 Å². The zero-order valence-corrected chi connectivity index (χ0v) is 15.3. The van der Waals surface area contributed by atoms with Gasteiger partial charge in [0.05, 0.1) is 6.42 Å². The number of carbonyl (C=O) groups excluding carboxylic acids is 3. The molecule has 0 bridgehead atoms. The second-order valence-electron chi connectivity index (χ2n) is 6.46. The van der Waals surface area contributed by atoms with Crippen molar-refractivity contribution >= 4 is 17.8 Å². The van der Waals surface area contributed by atoms with E-state index in [1.807, 2.05) is 30.3 Å². The van der Waals surface area contributed by atoms with Gasteiger partial charge in [0.15, 0.2) is 0 Å². The van der Waals surface area contributed by atoms with Gasteiger partial charge in [-0.05, 0) is 23.8 Å². The minimum Gasteiger partial charge on any atom is -0.427 e. The van der Waals surface area contributed by atoms with Crippen molar-refractivity contribution in [1.29, 1.82) is 0 Å². The van der Waals surface area contributed by atoms with Gasteiger partial charge in [0.25, 0.3) is 5.91 Å². The first-order valence-electron chi connectivity index (χ1n) is 8.92. The lowest BCUT2D eigenvalue weighted by molar-refractivity contribution is -0.132. The van der Waals surface area contributed by atoms with Crippen molar-refractivity contribution in [2.45, 2.75) is 13.3 Å². The predicted molar refractivity (Wildman–Crippen MR) is 100 cm³/mol. The maximum atomic E-state index is 12.7. The van der Waals surface area contributed by atoms with E-state index in [1.165, 1.54) is 6.92 Å². The van der Waals surface area contributed by atoms with Crippen LogP contribution in [0.2, 0.25) is 0 Å². The monoisotopic (exact) mass is 366 g/mol. The van der Waals surface area contributed by atoms with Crippen molar-refractivity contribution in [3.63, 3.8) is 0 Å². The van der Waals surface area contributed by atoms with E-state index < -0.39 is 5.97 Å². The lowest BCUT2D eigenvalue weighted by Crippen LogP contribution is -2.51. The van der Waals surface area contributed by atoms with E-state index >= 15 is 0 Å². The summed E-state index contributed by atoms with van der Waals surface area (Å²) in [4.78, 5) is 39.7. The van der Waals surface area contributed by atoms with Gasteiger partial charge in [-0.1, -0.05) is 36.4 Å². The average molecular weight is 366 g/mol. The molecular formula is C21H22N2O4. The molecule has 6 nitrogen and oxygen atoms in total. The number of piperazine rings is 1. The minimum absolute atomic E-state index is 0.0742. The van der Waals surface area contributed by atoms with E-state index in [0.717, 1.165) is 5.56 Å². The highest BCUT2D eigenvalue weighted by atomic mass is 16.5. The maximum absolute atomic E-state index is 12.7. The van der Waals surface area contributed by atoms with Crippen LogP contribution in [-0.4, -0.2) is 53.8 Å². The van der Waals surface area contributed by atoms with E-state index in [4.69, 9.17) is 4.74 Å². The zero-order valence-electron chi connectivity index (χ0n) is 15.3. The molecule has 3 rings (SSSR count). The van der Waals surface area contributed by atoms with E-state index in [2.05, 4.69) is 0 Å². The molecule has 0 spiro atoms. The fourth-order valence-electron chi connectivity index (χ4n) is 3.08. The van der Waals surface area contributed by atoms with Gasteiger partial charge in [-0.2, -0.15) is 0 Å². The van der Waals surface area contributed by atoms with Crippen LogP contribution in [0.1, 0.15) is 22.8 Å². The van der Waals surface area contributed by atoms with E-state index in [0.29, 0.717) is 43.9 Å². The second-order valence-corrected chi connectivity index (χ2v) is 6.46. The summed E-state index contributed by atoms with van der Waals surface area (Å²) in [6, 6.07) is 16.2. The van der Waals surface area contributed by atoms with Gasteiger partial charge in [0.1, 0.15) is 5.75 Å². The third-order valence-electron chi connectivity index (χ3n) is 4.46. The number of ether oxygens (including phenoxy) is 1. The number of amides is 2. The molecule has 1 aliphatic heterocycles. The Balaban J connectivity index is 1.56. The first kappa shape index (κ1) is 18.6. The van der Waals surface area contributed by atoms with Crippen LogP contribution < -0.4 is 4.74 Å².